The number of para-hydroxylation sites is 1. The lowest BCUT2D eigenvalue weighted by atomic mass is 10.2. The third-order valence-corrected chi connectivity index (χ3v) is 6.60. The molecule has 9 heteroatoms. The third kappa shape index (κ3) is 3.35. The maximum absolute atomic E-state index is 13.0. The van der Waals surface area contributed by atoms with E-state index in [1.54, 1.807) is 11.5 Å². The van der Waals surface area contributed by atoms with Gasteiger partial charge < -0.3 is 0 Å². The zero-order chi connectivity index (χ0) is 19.8. The van der Waals surface area contributed by atoms with Crippen molar-refractivity contribution in [2.24, 2.45) is 0 Å². The van der Waals surface area contributed by atoms with Gasteiger partial charge >= 0.3 is 0 Å². The van der Waals surface area contributed by atoms with Crippen molar-refractivity contribution >= 4 is 39.0 Å². The third-order valence-electron chi connectivity index (χ3n) is 4.55. The zero-order valence-corrected chi connectivity index (χ0v) is 17.4. The van der Waals surface area contributed by atoms with Crippen molar-refractivity contribution in [2.45, 2.75) is 44.1 Å². The van der Waals surface area contributed by atoms with Crippen molar-refractivity contribution in [3.8, 4) is 0 Å². The van der Waals surface area contributed by atoms with Crippen LogP contribution in [0.1, 0.15) is 37.0 Å². The first kappa shape index (κ1) is 18.8. The van der Waals surface area contributed by atoms with Gasteiger partial charge in [-0.25, -0.2) is 9.97 Å². The summed E-state index contributed by atoms with van der Waals surface area (Å²) in [5.41, 5.74) is 1.15. The molecule has 0 aliphatic carbocycles. The van der Waals surface area contributed by atoms with E-state index in [2.05, 4.69) is 17.0 Å². The molecule has 144 valence electrons. The number of hydrogen-bond acceptors (Lipinski definition) is 7. The highest BCUT2D eigenvalue weighted by molar-refractivity contribution is 7.98. The Balaban J connectivity index is 1.74. The molecular formula is C19H19N5O2S2. The summed E-state index contributed by atoms with van der Waals surface area (Å²) in [4.78, 5) is 34.8. The SMILES string of the molecule is CC[C@@H](C)n1c(SCc2nn3c(=O)cc(C)nc3s2)nc2ccccc2c1=O. The first-order valence-electron chi connectivity index (χ1n) is 8.98. The molecule has 0 aliphatic heterocycles. The topological polar surface area (TPSA) is 82.2 Å². The molecule has 0 N–H and O–H groups in total. The van der Waals surface area contributed by atoms with E-state index in [1.807, 2.05) is 31.2 Å². The molecule has 0 aliphatic rings. The Kier molecular flexibility index (Phi) is 5.03. The predicted octanol–water partition coefficient (Wildman–Crippen LogP) is 3.43. The molecule has 0 amide bonds. The standard InChI is InChI=1S/C19H19N5O2S2/c1-4-12(3)23-17(26)13-7-5-6-8-14(13)21-18(23)27-10-15-22-24-16(25)9-11(2)20-19(24)28-15/h5-9,12H,4,10H2,1-3H3/t12-/m1/s1. The first-order chi connectivity index (χ1) is 13.5. The van der Waals surface area contributed by atoms with Crippen LogP contribution in [0.2, 0.25) is 0 Å². The highest BCUT2D eigenvalue weighted by Crippen LogP contribution is 2.26. The van der Waals surface area contributed by atoms with E-state index in [4.69, 9.17) is 4.98 Å². The maximum atomic E-state index is 13.0. The molecule has 7 nitrogen and oxygen atoms in total. The van der Waals surface area contributed by atoms with E-state index < -0.39 is 0 Å². The number of benzene rings is 1. The Hall–Kier alpha value is -2.52. The molecule has 0 radical (unpaired) electrons. The highest BCUT2D eigenvalue weighted by atomic mass is 32.2. The van der Waals surface area contributed by atoms with Crippen LogP contribution in [0, 0.1) is 6.92 Å². The van der Waals surface area contributed by atoms with Gasteiger partial charge in [-0.15, -0.1) is 0 Å². The molecule has 0 spiro atoms. The summed E-state index contributed by atoms with van der Waals surface area (Å²) >= 11 is 2.83. The van der Waals surface area contributed by atoms with Gasteiger partial charge in [0.1, 0.15) is 5.01 Å². The Morgan fingerprint density at radius 1 is 1.21 bits per heavy atom. The number of rotatable bonds is 5. The fraction of sp³-hybridized carbons (Fsp3) is 0.316. The molecule has 0 saturated carbocycles. The van der Waals surface area contributed by atoms with Gasteiger partial charge in [0.2, 0.25) is 4.96 Å². The van der Waals surface area contributed by atoms with Crippen LogP contribution >= 0.6 is 23.1 Å². The van der Waals surface area contributed by atoms with Gasteiger partial charge in [-0.2, -0.15) is 9.61 Å². The quantitative estimate of drug-likeness (QED) is 0.368. The average Bonchev–Trinajstić information content (AvgIpc) is 3.09. The second-order valence-corrected chi connectivity index (χ2v) is 8.54. The normalized spacial score (nSPS) is 12.7. The van der Waals surface area contributed by atoms with Crippen molar-refractivity contribution < 1.29 is 0 Å². The largest absolute Gasteiger partial charge is 0.284 e. The van der Waals surface area contributed by atoms with Gasteiger partial charge in [0.05, 0.1) is 16.7 Å². The van der Waals surface area contributed by atoms with Crippen LogP contribution < -0.4 is 11.1 Å². The number of nitrogens with zero attached hydrogens (tertiary/aromatic N) is 5. The number of aryl methyl sites for hydroxylation is 1. The lowest BCUT2D eigenvalue weighted by molar-refractivity contribution is 0.468. The van der Waals surface area contributed by atoms with Crippen molar-refractivity contribution in [3.05, 3.63) is 61.7 Å². The van der Waals surface area contributed by atoms with E-state index in [0.717, 1.165) is 11.4 Å². The molecule has 1 atom stereocenters. The van der Waals surface area contributed by atoms with Crippen LogP contribution in [-0.2, 0) is 5.75 Å². The smallest absolute Gasteiger partial charge is 0.275 e. The molecule has 0 saturated heterocycles. The minimum atomic E-state index is -0.185. The Bertz CT molecular complexity index is 1290. The lowest BCUT2D eigenvalue weighted by Crippen LogP contribution is -2.26. The van der Waals surface area contributed by atoms with Crippen molar-refractivity contribution in [2.75, 3.05) is 0 Å². The molecule has 0 bridgehead atoms. The summed E-state index contributed by atoms with van der Waals surface area (Å²) in [6, 6.07) is 8.90. The maximum Gasteiger partial charge on any atom is 0.275 e. The molecule has 0 fully saturated rings. The molecule has 28 heavy (non-hydrogen) atoms. The zero-order valence-electron chi connectivity index (χ0n) is 15.7. The van der Waals surface area contributed by atoms with E-state index >= 15 is 0 Å². The van der Waals surface area contributed by atoms with E-state index in [1.165, 1.54) is 33.7 Å². The predicted molar refractivity (Wildman–Crippen MR) is 112 cm³/mol. The van der Waals surface area contributed by atoms with E-state index in [9.17, 15) is 9.59 Å². The van der Waals surface area contributed by atoms with Crippen LogP contribution in [0.3, 0.4) is 0 Å². The molecule has 3 heterocycles. The second-order valence-electron chi connectivity index (χ2n) is 6.56. The number of fused-ring (bicyclic) bond motifs is 2. The highest BCUT2D eigenvalue weighted by Gasteiger charge is 2.16. The van der Waals surface area contributed by atoms with Gasteiger partial charge in [0.15, 0.2) is 5.16 Å². The Morgan fingerprint density at radius 2 is 2.00 bits per heavy atom. The van der Waals surface area contributed by atoms with Crippen LogP contribution in [-0.4, -0.2) is 24.1 Å². The lowest BCUT2D eigenvalue weighted by Gasteiger charge is -2.17. The summed E-state index contributed by atoms with van der Waals surface area (Å²) in [6.45, 7) is 5.86. The molecule has 1 aromatic carbocycles. The van der Waals surface area contributed by atoms with Crippen molar-refractivity contribution in [1.29, 1.82) is 0 Å². The number of thioether (sulfide) groups is 1. The van der Waals surface area contributed by atoms with E-state index in [0.29, 0.717) is 32.5 Å². The summed E-state index contributed by atoms with van der Waals surface area (Å²) < 4.78 is 3.08. The molecule has 4 rings (SSSR count). The number of hydrogen-bond donors (Lipinski definition) is 0. The summed E-state index contributed by atoms with van der Waals surface area (Å²) in [5, 5.41) is 6.42. The fourth-order valence-electron chi connectivity index (χ4n) is 2.94. The van der Waals surface area contributed by atoms with Crippen molar-refractivity contribution in [1.82, 2.24) is 24.1 Å². The second kappa shape index (κ2) is 7.48. The van der Waals surface area contributed by atoms with Crippen LogP contribution in [0.25, 0.3) is 15.9 Å². The molecular weight excluding hydrogens is 394 g/mol. The molecule has 3 aromatic heterocycles. The van der Waals surface area contributed by atoms with Crippen LogP contribution in [0.5, 0.6) is 0 Å². The van der Waals surface area contributed by atoms with Crippen LogP contribution in [0.15, 0.2) is 45.1 Å². The first-order valence-corrected chi connectivity index (χ1v) is 10.8. The average molecular weight is 414 g/mol. The van der Waals surface area contributed by atoms with Gasteiger partial charge in [0, 0.05) is 17.8 Å². The number of aromatic nitrogens is 5. The Morgan fingerprint density at radius 3 is 2.79 bits per heavy atom. The van der Waals surface area contributed by atoms with Gasteiger partial charge in [0.25, 0.3) is 11.1 Å². The fourth-order valence-corrected chi connectivity index (χ4v) is 4.97. The molecule has 0 unspecified atom stereocenters. The molecule has 4 aromatic rings. The summed E-state index contributed by atoms with van der Waals surface area (Å²) in [5.74, 6) is 0.508. The summed E-state index contributed by atoms with van der Waals surface area (Å²) in [7, 11) is 0. The van der Waals surface area contributed by atoms with E-state index in [-0.39, 0.29) is 17.2 Å². The summed E-state index contributed by atoms with van der Waals surface area (Å²) in [6.07, 6.45) is 0.827. The minimum Gasteiger partial charge on any atom is -0.284 e. The minimum absolute atomic E-state index is 0.0275. The van der Waals surface area contributed by atoms with Crippen molar-refractivity contribution in [3.63, 3.8) is 0 Å². The van der Waals surface area contributed by atoms with Crippen LogP contribution in [0.4, 0.5) is 0 Å². The van der Waals surface area contributed by atoms with Gasteiger partial charge in [-0.3, -0.25) is 14.2 Å². The monoisotopic (exact) mass is 413 g/mol. The Labute approximate surface area is 169 Å². The van der Waals surface area contributed by atoms with Gasteiger partial charge in [-0.05, 0) is 32.4 Å². The van der Waals surface area contributed by atoms with Gasteiger partial charge in [-0.1, -0.05) is 42.2 Å².